The molecule has 0 amide bonds. The number of aliphatic hydroxyl groups excluding tert-OH is 1. The molecule has 1 N–H and O–H groups in total. The van der Waals surface area contributed by atoms with E-state index in [4.69, 9.17) is 37.2 Å². The summed E-state index contributed by atoms with van der Waals surface area (Å²) in [6.07, 6.45) is 4.06. The van der Waals surface area contributed by atoms with Gasteiger partial charge in [0.1, 0.15) is 0 Å². The second kappa shape index (κ2) is 10.5. The van der Waals surface area contributed by atoms with Gasteiger partial charge < -0.3 is 14.6 Å². The van der Waals surface area contributed by atoms with Gasteiger partial charge in [0.05, 0.1) is 22.3 Å². The molecule has 162 valence electrons. The Morgan fingerprint density at radius 1 is 1.17 bits per heavy atom. The van der Waals surface area contributed by atoms with Crippen molar-refractivity contribution < 1.29 is 23.7 Å². The molecule has 2 rings (SSSR count). The van der Waals surface area contributed by atoms with Crippen LogP contribution in [0.4, 0.5) is 0 Å². The summed E-state index contributed by atoms with van der Waals surface area (Å²) in [7, 11) is -3.65. The third-order valence-electron chi connectivity index (χ3n) is 4.52. The Morgan fingerprint density at radius 2 is 1.83 bits per heavy atom. The summed E-state index contributed by atoms with van der Waals surface area (Å²) in [5, 5.41) is 10.9. The van der Waals surface area contributed by atoms with Crippen molar-refractivity contribution in [2.24, 2.45) is 4.99 Å². The molecule has 0 bridgehead atoms. The highest BCUT2D eigenvalue weighted by molar-refractivity contribution is 7.59. The van der Waals surface area contributed by atoms with E-state index in [1.807, 2.05) is 13.0 Å². The lowest BCUT2D eigenvalue weighted by Gasteiger charge is -2.37. The SMILES string of the molecule is CCOC(OCC)P(=O)(CC(C)O)OC1(C(C)c2ccc(Cl)c(Cl)c2)C=CC=N1. The number of allylic oxidation sites excluding steroid dienone is 1. The third kappa shape index (κ3) is 5.92. The second-order valence-corrected chi connectivity index (χ2v) is 10.1. The van der Waals surface area contributed by atoms with Crippen LogP contribution in [0.1, 0.15) is 39.2 Å². The molecule has 0 fully saturated rings. The van der Waals surface area contributed by atoms with Crippen molar-refractivity contribution >= 4 is 36.8 Å². The molecular formula is C20H28Cl2NO5P. The summed E-state index contributed by atoms with van der Waals surface area (Å²) < 4.78 is 31.3. The lowest BCUT2D eigenvalue weighted by Crippen LogP contribution is -2.36. The Labute approximate surface area is 182 Å². The van der Waals surface area contributed by atoms with Gasteiger partial charge in [0.2, 0.25) is 6.03 Å². The third-order valence-corrected chi connectivity index (χ3v) is 7.84. The molecule has 1 aromatic rings. The minimum Gasteiger partial charge on any atom is -0.393 e. The molecule has 9 heteroatoms. The summed E-state index contributed by atoms with van der Waals surface area (Å²) in [5.41, 5.74) is -0.440. The van der Waals surface area contributed by atoms with Gasteiger partial charge in [-0.05, 0) is 50.6 Å². The molecule has 0 aromatic heterocycles. The molecule has 0 saturated carbocycles. The Kier molecular flexibility index (Phi) is 8.92. The van der Waals surface area contributed by atoms with Crippen molar-refractivity contribution in [2.45, 2.75) is 51.5 Å². The molecule has 4 unspecified atom stereocenters. The zero-order chi connectivity index (χ0) is 21.7. The zero-order valence-corrected chi connectivity index (χ0v) is 19.5. The van der Waals surface area contributed by atoms with Crippen LogP contribution >= 0.6 is 30.6 Å². The fourth-order valence-electron chi connectivity index (χ4n) is 3.14. The second-order valence-electron chi connectivity index (χ2n) is 6.85. The normalized spacial score (nSPS) is 22.8. The number of nitrogens with zero attached hydrogens (tertiary/aromatic N) is 1. The smallest absolute Gasteiger partial charge is 0.262 e. The first-order valence-corrected chi connectivity index (χ1v) is 12.2. The number of benzene rings is 1. The molecule has 0 spiro atoms. The maximum absolute atomic E-state index is 13.9. The standard InChI is InChI=1S/C20H28Cl2NO5P/c1-5-26-19(27-6-2)29(25,13-14(3)24)28-20(10-7-11-23-20)15(4)16-8-9-17(21)18(22)12-16/h7-12,14-15,19,24H,5-6,13H2,1-4H3. The minimum absolute atomic E-state index is 0.128. The van der Waals surface area contributed by atoms with Crippen molar-refractivity contribution in [2.75, 3.05) is 19.4 Å². The van der Waals surface area contributed by atoms with Crippen molar-refractivity contribution in [3.63, 3.8) is 0 Å². The average Bonchev–Trinajstić information content (AvgIpc) is 3.12. The van der Waals surface area contributed by atoms with Crippen LogP contribution in [0.25, 0.3) is 0 Å². The van der Waals surface area contributed by atoms with Crippen LogP contribution in [0, 0.1) is 0 Å². The highest BCUT2D eigenvalue weighted by atomic mass is 35.5. The monoisotopic (exact) mass is 463 g/mol. The number of ether oxygens (including phenoxy) is 2. The van der Waals surface area contributed by atoms with E-state index in [9.17, 15) is 9.67 Å². The van der Waals surface area contributed by atoms with Gasteiger partial charge in [-0.15, -0.1) is 0 Å². The van der Waals surface area contributed by atoms with Crippen molar-refractivity contribution in [3.05, 3.63) is 46.0 Å². The largest absolute Gasteiger partial charge is 0.393 e. The van der Waals surface area contributed by atoms with Crippen molar-refractivity contribution in [1.82, 2.24) is 0 Å². The summed E-state index contributed by atoms with van der Waals surface area (Å²) in [4.78, 5) is 4.49. The Hall–Kier alpha value is -0.720. The first kappa shape index (κ1) is 24.5. The summed E-state index contributed by atoms with van der Waals surface area (Å²) in [6.45, 7) is 7.57. The average molecular weight is 464 g/mol. The number of halogens is 2. The van der Waals surface area contributed by atoms with Crippen LogP contribution in [0.3, 0.4) is 0 Å². The van der Waals surface area contributed by atoms with E-state index >= 15 is 0 Å². The highest BCUT2D eigenvalue weighted by Gasteiger charge is 2.48. The molecule has 1 heterocycles. The highest BCUT2D eigenvalue weighted by Crippen LogP contribution is 2.59. The van der Waals surface area contributed by atoms with Gasteiger partial charge in [0.25, 0.3) is 7.37 Å². The van der Waals surface area contributed by atoms with E-state index in [-0.39, 0.29) is 25.3 Å². The molecule has 0 aliphatic carbocycles. The van der Waals surface area contributed by atoms with Gasteiger partial charge in [0.15, 0.2) is 5.72 Å². The molecule has 1 aliphatic rings. The Balaban J connectivity index is 2.45. The number of aliphatic hydroxyl groups is 1. The predicted molar refractivity (Wildman–Crippen MR) is 118 cm³/mol. The van der Waals surface area contributed by atoms with Crippen molar-refractivity contribution in [1.29, 1.82) is 0 Å². The van der Waals surface area contributed by atoms with Crippen molar-refractivity contribution in [3.8, 4) is 0 Å². The molecular weight excluding hydrogens is 436 g/mol. The predicted octanol–water partition coefficient (Wildman–Crippen LogP) is 5.47. The van der Waals surface area contributed by atoms with Crippen LogP contribution in [-0.2, 0) is 18.6 Å². The van der Waals surface area contributed by atoms with Gasteiger partial charge in [-0.1, -0.05) is 36.2 Å². The van der Waals surface area contributed by atoms with Crippen LogP contribution in [0.5, 0.6) is 0 Å². The first-order chi connectivity index (χ1) is 13.7. The number of hydrogen-bond acceptors (Lipinski definition) is 6. The van der Waals surface area contributed by atoms with Gasteiger partial charge >= 0.3 is 0 Å². The lowest BCUT2D eigenvalue weighted by molar-refractivity contribution is -0.0942. The first-order valence-electron chi connectivity index (χ1n) is 9.56. The fraction of sp³-hybridized carbons (Fsp3) is 0.550. The Morgan fingerprint density at radius 3 is 2.31 bits per heavy atom. The van der Waals surface area contributed by atoms with E-state index < -0.39 is 25.2 Å². The van der Waals surface area contributed by atoms with Gasteiger partial charge in [-0.25, -0.2) is 0 Å². The summed E-state index contributed by atoms with van der Waals surface area (Å²) >= 11 is 12.2. The van der Waals surface area contributed by atoms with Crippen LogP contribution < -0.4 is 0 Å². The maximum Gasteiger partial charge on any atom is 0.262 e. The van der Waals surface area contributed by atoms with Crippen LogP contribution in [0.2, 0.25) is 10.0 Å². The molecule has 1 aliphatic heterocycles. The van der Waals surface area contributed by atoms with E-state index in [0.29, 0.717) is 10.0 Å². The van der Waals surface area contributed by atoms with Gasteiger partial charge in [-0.2, -0.15) is 0 Å². The van der Waals surface area contributed by atoms with E-state index in [0.717, 1.165) is 5.56 Å². The Bertz CT molecular complexity index is 781. The molecule has 1 aromatic carbocycles. The van der Waals surface area contributed by atoms with E-state index in [1.165, 1.54) is 0 Å². The quantitative estimate of drug-likeness (QED) is 0.347. The zero-order valence-electron chi connectivity index (χ0n) is 17.0. The number of hydrogen-bond donors (Lipinski definition) is 1. The van der Waals surface area contributed by atoms with Gasteiger partial charge in [-0.3, -0.25) is 14.1 Å². The molecule has 4 atom stereocenters. The molecule has 29 heavy (non-hydrogen) atoms. The molecule has 6 nitrogen and oxygen atoms in total. The number of aliphatic imine (C=N–C) groups is 1. The molecule has 0 saturated heterocycles. The topological polar surface area (TPSA) is 77.4 Å². The molecule has 0 radical (unpaired) electrons. The van der Waals surface area contributed by atoms with E-state index in [1.54, 1.807) is 51.3 Å². The fourth-order valence-corrected chi connectivity index (χ4v) is 6.03. The lowest BCUT2D eigenvalue weighted by atomic mass is 9.91. The number of rotatable bonds is 11. The van der Waals surface area contributed by atoms with Crippen LogP contribution in [-0.4, -0.2) is 48.6 Å². The van der Waals surface area contributed by atoms with Gasteiger partial charge in [0, 0.05) is 25.3 Å². The van der Waals surface area contributed by atoms with E-state index in [2.05, 4.69) is 4.99 Å². The minimum atomic E-state index is -3.65. The van der Waals surface area contributed by atoms with Crippen LogP contribution in [0.15, 0.2) is 35.3 Å². The summed E-state index contributed by atoms with van der Waals surface area (Å²) in [6, 6.07) is 4.16. The maximum atomic E-state index is 13.9. The summed E-state index contributed by atoms with van der Waals surface area (Å²) in [5.74, 6) is -0.349.